The minimum atomic E-state index is -0.648. The second-order valence-corrected chi connectivity index (χ2v) is 3.82. The smallest absolute Gasteiger partial charge is 0.202 e. The van der Waals surface area contributed by atoms with E-state index >= 15 is 0 Å². The van der Waals surface area contributed by atoms with Gasteiger partial charge in [0.1, 0.15) is 0 Å². The number of halogens is 1. The third-order valence-corrected chi connectivity index (χ3v) is 2.87. The molecule has 16 heavy (non-hydrogen) atoms. The van der Waals surface area contributed by atoms with Crippen molar-refractivity contribution >= 4 is 21.7 Å². The van der Waals surface area contributed by atoms with E-state index in [0.717, 1.165) is 0 Å². The Hall–Kier alpha value is -1.07. The molecular formula is C11H13BrO4. The maximum atomic E-state index is 11.8. The maximum absolute atomic E-state index is 11.8. The van der Waals surface area contributed by atoms with Gasteiger partial charge in [-0.25, -0.2) is 0 Å². The van der Waals surface area contributed by atoms with Gasteiger partial charge in [0.2, 0.25) is 5.78 Å². The number of hydrogen-bond acceptors (Lipinski definition) is 4. The number of methoxy groups -OCH3 is 3. The summed E-state index contributed by atoms with van der Waals surface area (Å²) in [6.45, 7) is 0. The van der Waals surface area contributed by atoms with Crippen molar-refractivity contribution in [2.45, 2.75) is 5.01 Å². The predicted octanol–water partition coefficient (Wildman–Crippen LogP) is 2.25. The number of alkyl halides is 1. The number of Topliss-reactive ketones (excluding diaryl/α,β-unsaturated/α-hetero) is 1. The lowest BCUT2D eigenvalue weighted by Gasteiger charge is -2.10. The van der Waals surface area contributed by atoms with E-state index in [1.165, 1.54) is 14.2 Å². The van der Waals surface area contributed by atoms with Crippen LogP contribution in [0.4, 0.5) is 0 Å². The minimum Gasteiger partial charge on any atom is -0.493 e. The van der Waals surface area contributed by atoms with Crippen LogP contribution in [-0.2, 0) is 4.74 Å². The fourth-order valence-electron chi connectivity index (χ4n) is 1.23. The van der Waals surface area contributed by atoms with Crippen LogP contribution in [0, 0.1) is 0 Å². The third-order valence-electron chi connectivity index (χ3n) is 2.08. The Kier molecular flexibility index (Phi) is 4.76. The van der Waals surface area contributed by atoms with Crippen molar-refractivity contribution in [3.8, 4) is 11.5 Å². The minimum absolute atomic E-state index is 0.163. The third kappa shape index (κ3) is 2.74. The molecule has 0 bridgehead atoms. The van der Waals surface area contributed by atoms with Crippen LogP contribution in [-0.4, -0.2) is 32.1 Å². The van der Waals surface area contributed by atoms with Crippen molar-refractivity contribution in [1.29, 1.82) is 0 Å². The van der Waals surface area contributed by atoms with Gasteiger partial charge in [0.15, 0.2) is 16.5 Å². The van der Waals surface area contributed by atoms with Gasteiger partial charge in [-0.3, -0.25) is 4.79 Å². The van der Waals surface area contributed by atoms with Gasteiger partial charge in [0.05, 0.1) is 14.2 Å². The molecule has 0 radical (unpaired) electrons. The first-order chi connectivity index (χ1) is 7.63. The molecule has 1 aromatic carbocycles. The van der Waals surface area contributed by atoms with Gasteiger partial charge in [-0.15, -0.1) is 0 Å². The van der Waals surface area contributed by atoms with E-state index in [2.05, 4.69) is 15.9 Å². The molecular weight excluding hydrogens is 276 g/mol. The average molecular weight is 289 g/mol. The zero-order valence-corrected chi connectivity index (χ0v) is 10.9. The highest BCUT2D eigenvalue weighted by atomic mass is 79.9. The number of ether oxygens (including phenoxy) is 3. The van der Waals surface area contributed by atoms with Crippen LogP contribution in [0.5, 0.6) is 11.5 Å². The number of ketones is 1. The van der Waals surface area contributed by atoms with Gasteiger partial charge >= 0.3 is 0 Å². The van der Waals surface area contributed by atoms with E-state index < -0.39 is 5.01 Å². The first kappa shape index (κ1) is 13.0. The average Bonchev–Trinajstić information content (AvgIpc) is 2.35. The fourth-order valence-corrected chi connectivity index (χ4v) is 1.49. The molecule has 5 heteroatoms. The normalized spacial score (nSPS) is 12.0. The van der Waals surface area contributed by atoms with Gasteiger partial charge in [-0.1, -0.05) is 0 Å². The number of rotatable bonds is 5. The second-order valence-electron chi connectivity index (χ2n) is 2.99. The monoisotopic (exact) mass is 288 g/mol. The molecule has 0 amide bonds. The van der Waals surface area contributed by atoms with Gasteiger partial charge in [0, 0.05) is 12.7 Å². The summed E-state index contributed by atoms with van der Waals surface area (Å²) in [6, 6.07) is 4.97. The number of carbonyl (C=O) groups excluding carboxylic acids is 1. The van der Waals surface area contributed by atoms with Crippen LogP contribution in [0.15, 0.2) is 18.2 Å². The Labute approximate surface area is 103 Å². The van der Waals surface area contributed by atoms with Crippen LogP contribution in [0.25, 0.3) is 0 Å². The molecule has 1 rings (SSSR count). The molecule has 0 saturated carbocycles. The first-order valence-electron chi connectivity index (χ1n) is 4.57. The maximum Gasteiger partial charge on any atom is 0.202 e. The van der Waals surface area contributed by atoms with E-state index in [-0.39, 0.29) is 5.78 Å². The van der Waals surface area contributed by atoms with Crippen LogP contribution < -0.4 is 9.47 Å². The highest BCUT2D eigenvalue weighted by Gasteiger charge is 2.17. The molecule has 0 aliphatic heterocycles. The molecule has 0 aliphatic rings. The summed E-state index contributed by atoms with van der Waals surface area (Å²) >= 11 is 3.12. The van der Waals surface area contributed by atoms with Crippen LogP contribution in [0.1, 0.15) is 10.4 Å². The molecule has 1 aromatic rings. The summed E-state index contributed by atoms with van der Waals surface area (Å²) in [5.41, 5.74) is 0.501. The molecule has 4 nitrogen and oxygen atoms in total. The zero-order chi connectivity index (χ0) is 12.1. The SMILES string of the molecule is COc1ccc(C(=O)C(Br)OC)cc1OC. The summed E-state index contributed by atoms with van der Waals surface area (Å²) in [7, 11) is 4.52. The largest absolute Gasteiger partial charge is 0.493 e. The molecule has 0 heterocycles. The predicted molar refractivity (Wildman–Crippen MR) is 63.6 cm³/mol. The number of carbonyl (C=O) groups is 1. The van der Waals surface area contributed by atoms with Crippen molar-refractivity contribution in [1.82, 2.24) is 0 Å². The molecule has 1 unspecified atom stereocenters. The Balaban J connectivity index is 3.03. The van der Waals surface area contributed by atoms with E-state index in [1.54, 1.807) is 25.3 Å². The molecule has 0 saturated heterocycles. The highest BCUT2D eigenvalue weighted by molar-refractivity contribution is 9.09. The fraction of sp³-hybridized carbons (Fsp3) is 0.364. The van der Waals surface area contributed by atoms with Gasteiger partial charge in [-0.2, -0.15) is 0 Å². The zero-order valence-electron chi connectivity index (χ0n) is 9.32. The Morgan fingerprint density at radius 2 is 1.81 bits per heavy atom. The van der Waals surface area contributed by atoms with Gasteiger partial charge in [0.25, 0.3) is 0 Å². The molecule has 0 N–H and O–H groups in total. The van der Waals surface area contributed by atoms with Crippen LogP contribution in [0.3, 0.4) is 0 Å². The molecule has 0 spiro atoms. The van der Waals surface area contributed by atoms with Crippen molar-refractivity contribution in [2.24, 2.45) is 0 Å². The molecule has 0 aromatic heterocycles. The molecule has 0 aliphatic carbocycles. The summed E-state index contributed by atoms with van der Waals surface area (Å²) in [4.78, 5) is 11.8. The summed E-state index contributed by atoms with van der Waals surface area (Å²) in [6.07, 6.45) is 0. The Bertz CT molecular complexity index is 378. The molecule has 0 fully saturated rings. The first-order valence-corrected chi connectivity index (χ1v) is 5.48. The van der Waals surface area contributed by atoms with Crippen LogP contribution in [0.2, 0.25) is 0 Å². The quantitative estimate of drug-likeness (QED) is 0.616. The van der Waals surface area contributed by atoms with Gasteiger partial charge < -0.3 is 14.2 Å². The van der Waals surface area contributed by atoms with E-state index in [4.69, 9.17) is 14.2 Å². The van der Waals surface area contributed by atoms with Crippen molar-refractivity contribution < 1.29 is 19.0 Å². The topological polar surface area (TPSA) is 44.8 Å². The lowest BCUT2D eigenvalue weighted by Crippen LogP contribution is -2.15. The lowest BCUT2D eigenvalue weighted by molar-refractivity contribution is 0.0804. The van der Waals surface area contributed by atoms with E-state index in [0.29, 0.717) is 17.1 Å². The second kappa shape index (κ2) is 5.86. The van der Waals surface area contributed by atoms with Crippen molar-refractivity contribution in [3.63, 3.8) is 0 Å². The molecule has 1 atom stereocenters. The van der Waals surface area contributed by atoms with Gasteiger partial charge in [-0.05, 0) is 34.1 Å². The number of benzene rings is 1. The van der Waals surface area contributed by atoms with Crippen molar-refractivity contribution in [3.05, 3.63) is 23.8 Å². The van der Waals surface area contributed by atoms with Crippen molar-refractivity contribution in [2.75, 3.05) is 21.3 Å². The van der Waals surface area contributed by atoms with E-state index in [9.17, 15) is 4.79 Å². The van der Waals surface area contributed by atoms with Crippen LogP contribution >= 0.6 is 15.9 Å². The highest BCUT2D eigenvalue weighted by Crippen LogP contribution is 2.28. The number of hydrogen-bond donors (Lipinski definition) is 0. The van der Waals surface area contributed by atoms with E-state index in [1.807, 2.05) is 0 Å². The summed E-state index contributed by atoms with van der Waals surface area (Å²) < 4.78 is 15.1. The standard InChI is InChI=1S/C11H13BrO4/c1-14-8-5-4-7(6-9(8)15-2)10(13)11(12)16-3/h4-6,11H,1-3H3. The Morgan fingerprint density at radius 3 is 2.31 bits per heavy atom. The summed E-state index contributed by atoms with van der Waals surface area (Å²) in [5.74, 6) is 0.940. The lowest BCUT2D eigenvalue weighted by atomic mass is 10.1. The summed E-state index contributed by atoms with van der Waals surface area (Å²) in [5, 5.41) is -0.648. The Morgan fingerprint density at radius 1 is 1.19 bits per heavy atom. The molecule has 88 valence electrons.